The van der Waals surface area contributed by atoms with Gasteiger partial charge >= 0.3 is 5.97 Å². The molecule has 166 valence electrons. The number of anilines is 1. The molecule has 1 aliphatic heterocycles. The van der Waals surface area contributed by atoms with Gasteiger partial charge in [0.25, 0.3) is 0 Å². The van der Waals surface area contributed by atoms with Crippen molar-refractivity contribution in [3.05, 3.63) is 81.9 Å². The average Bonchev–Trinajstić information content (AvgIpc) is 3.62. The molecule has 1 aliphatic carbocycles. The van der Waals surface area contributed by atoms with Crippen molar-refractivity contribution in [3.63, 3.8) is 0 Å². The zero-order valence-corrected chi connectivity index (χ0v) is 17.7. The van der Waals surface area contributed by atoms with E-state index in [-0.39, 0.29) is 17.0 Å². The molecule has 0 unspecified atom stereocenters. The summed E-state index contributed by atoms with van der Waals surface area (Å²) in [5, 5.41) is 10.1. The van der Waals surface area contributed by atoms with Crippen LogP contribution in [0.4, 0.5) is 10.1 Å². The molecule has 2 aliphatic rings. The number of nitrogens with zero attached hydrogens (tertiary/aromatic N) is 3. The molecular formula is C25H21FN4O3. The van der Waals surface area contributed by atoms with E-state index in [2.05, 4.69) is 4.98 Å². The highest BCUT2D eigenvalue weighted by molar-refractivity contribution is 5.97. The van der Waals surface area contributed by atoms with Crippen molar-refractivity contribution in [3.8, 4) is 0 Å². The lowest BCUT2D eigenvalue weighted by molar-refractivity contribution is 0.0695. The van der Waals surface area contributed by atoms with Crippen molar-refractivity contribution in [1.29, 1.82) is 0 Å². The van der Waals surface area contributed by atoms with E-state index < -0.39 is 22.8 Å². The fourth-order valence-corrected chi connectivity index (χ4v) is 4.72. The van der Waals surface area contributed by atoms with Crippen molar-refractivity contribution in [2.75, 3.05) is 18.0 Å². The van der Waals surface area contributed by atoms with Gasteiger partial charge in [0.1, 0.15) is 17.0 Å². The second-order valence-corrected chi connectivity index (χ2v) is 9.05. The number of carboxylic acid groups (broad SMARTS) is 1. The third-order valence-corrected chi connectivity index (χ3v) is 6.67. The van der Waals surface area contributed by atoms with Crippen molar-refractivity contribution >= 4 is 33.6 Å². The van der Waals surface area contributed by atoms with Crippen LogP contribution < -0.4 is 16.1 Å². The number of rotatable bonds is 4. The van der Waals surface area contributed by atoms with E-state index in [1.807, 2.05) is 35.2 Å². The first-order valence-corrected chi connectivity index (χ1v) is 10.9. The highest BCUT2D eigenvalue weighted by Crippen LogP contribution is 2.39. The predicted octanol–water partition coefficient (Wildman–Crippen LogP) is 3.40. The predicted molar refractivity (Wildman–Crippen MR) is 123 cm³/mol. The molecule has 8 heteroatoms. The third kappa shape index (κ3) is 3.09. The maximum atomic E-state index is 15.1. The van der Waals surface area contributed by atoms with Crippen molar-refractivity contribution < 1.29 is 14.3 Å². The Kier molecular flexibility index (Phi) is 4.13. The Bertz CT molecular complexity index is 1510. The van der Waals surface area contributed by atoms with Crippen LogP contribution in [-0.2, 0) is 5.54 Å². The normalized spacial score (nSPS) is 17.3. The van der Waals surface area contributed by atoms with Gasteiger partial charge in [-0.2, -0.15) is 0 Å². The van der Waals surface area contributed by atoms with Crippen molar-refractivity contribution in [1.82, 2.24) is 9.55 Å². The van der Waals surface area contributed by atoms with Gasteiger partial charge in [0.15, 0.2) is 0 Å². The second kappa shape index (κ2) is 6.86. The number of carboxylic acids is 1. The van der Waals surface area contributed by atoms with E-state index in [0.717, 1.165) is 18.4 Å². The number of nitrogens with two attached hydrogens (primary N) is 1. The SMILES string of the molecule is NC1(c2ccccc2)CN(c2cc3nc4c(cc3cc2F)c(=O)c(C(=O)O)cn4C2CC2)C1. The molecule has 0 amide bonds. The summed E-state index contributed by atoms with van der Waals surface area (Å²) in [4.78, 5) is 30.9. The van der Waals surface area contributed by atoms with Crippen LogP contribution in [0, 0.1) is 5.82 Å². The third-order valence-electron chi connectivity index (χ3n) is 6.67. The van der Waals surface area contributed by atoms with Gasteiger partial charge in [0.05, 0.1) is 22.1 Å². The number of hydrogen-bond donors (Lipinski definition) is 2. The topological polar surface area (TPSA) is 101 Å². The van der Waals surface area contributed by atoms with E-state index in [4.69, 9.17) is 5.73 Å². The molecule has 0 spiro atoms. The zero-order chi connectivity index (χ0) is 22.9. The number of pyridine rings is 2. The van der Waals surface area contributed by atoms with Gasteiger partial charge in [-0.25, -0.2) is 14.2 Å². The van der Waals surface area contributed by atoms with Crippen molar-refractivity contribution in [2.45, 2.75) is 24.4 Å². The van der Waals surface area contributed by atoms with Gasteiger partial charge in [0, 0.05) is 30.7 Å². The standard InChI is InChI=1S/C25H21FN4O3/c26-19-9-14-8-17-22(31)18(24(32)33)11-30(16-6-7-16)23(17)28-20(14)10-21(19)29-12-25(27,13-29)15-4-2-1-3-5-15/h1-5,8-11,16H,6-7,12-13,27H2,(H,32,33). The quantitative estimate of drug-likeness (QED) is 0.468. The molecule has 4 aromatic rings. The molecule has 2 aromatic carbocycles. The second-order valence-electron chi connectivity index (χ2n) is 9.05. The number of carbonyl (C=O) groups is 1. The van der Waals surface area contributed by atoms with Crippen LogP contribution in [0.1, 0.15) is 34.8 Å². The van der Waals surface area contributed by atoms with E-state index in [0.29, 0.717) is 35.3 Å². The minimum atomic E-state index is -1.28. The van der Waals surface area contributed by atoms with Gasteiger partial charge in [-0.1, -0.05) is 30.3 Å². The summed E-state index contributed by atoms with van der Waals surface area (Å²) in [5.41, 5.74) is 7.49. The first-order chi connectivity index (χ1) is 15.8. The van der Waals surface area contributed by atoms with Crippen LogP contribution in [0.25, 0.3) is 21.9 Å². The zero-order valence-electron chi connectivity index (χ0n) is 17.7. The Morgan fingerprint density at radius 1 is 1.15 bits per heavy atom. The Hall–Kier alpha value is -3.78. The van der Waals surface area contributed by atoms with Gasteiger partial charge in [-0.05, 0) is 36.6 Å². The molecule has 2 aromatic heterocycles. The van der Waals surface area contributed by atoms with Crippen LogP contribution >= 0.6 is 0 Å². The maximum Gasteiger partial charge on any atom is 0.341 e. The highest BCUT2D eigenvalue weighted by Gasteiger charge is 2.42. The Labute approximate surface area is 187 Å². The minimum absolute atomic E-state index is 0.121. The Morgan fingerprint density at radius 2 is 1.88 bits per heavy atom. The van der Waals surface area contributed by atoms with Gasteiger partial charge < -0.3 is 20.3 Å². The van der Waals surface area contributed by atoms with Gasteiger partial charge in [0.2, 0.25) is 5.43 Å². The fourth-order valence-electron chi connectivity index (χ4n) is 4.72. The van der Waals surface area contributed by atoms with Gasteiger partial charge in [-0.3, -0.25) is 4.79 Å². The smallest absolute Gasteiger partial charge is 0.341 e. The van der Waals surface area contributed by atoms with E-state index in [1.165, 1.54) is 12.3 Å². The lowest BCUT2D eigenvalue weighted by Crippen LogP contribution is -2.65. The molecule has 0 radical (unpaired) electrons. The molecule has 2 fully saturated rings. The van der Waals surface area contributed by atoms with E-state index in [1.54, 1.807) is 16.7 Å². The van der Waals surface area contributed by atoms with Crippen LogP contribution in [0.3, 0.4) is 0 Å². The molecule has 1 saturated carbocycles. The molecule has 33 heavy (non-hydrogen) atoms. The number of aromatic nitrogens is 2. The minimum Gasteiger partial charge on any atom is -0.477 e. The van der Waals surface area contributed by atoms with Crippen LogP contribution in [0.2, 0.25) is 0 Å². The van der Waals surface area contributed by atoms with E-state index >= 15 is 4.39 Å². The summed E-state index contributed by atoms with van der Waals surface area (Å²) >= 11 is 0. The summed E-state index contributed by atoms with van der Waals surface area (Å²) in [6.45, 7) is 0.948. The first kappa shape index (κ1) is 19.9. The summed E-state index contributed by atoms with van der Waals surface area (Å²) in [7, 11) is 0. The largest absolute Gasteiger partial charge is 0.477 e. The summed E-state index contributed by atoms with van der Waals surface area (Å²) < 4.78 is 16.9. The average molecular weight is 444 g/mol. The van der Waals surface area contributed by atoms with Crippen LogP contribution in [-0.4, -0.2) is 33.7 Å². The molecule has 7 nitrogen and oxygen atoms in total. The summed E-state index contributed by atoms with van der Waals surface area (Å²) in [5.74, 6) is -1.71. The number of benzene rings is 2. The number of fused-ring (bicyclic) bond motifs is 2. The molecular weight excluding hydrogens is 423 g/mol. The lowest BCUT2D eigenvalue weighted by Gasteiger charge is -2.49. The maximum absolute atomic E-state index is 15.1. The van der Waals surface area contributed by atoms with Crippen LogP contribution in [0.5, 0.6) is 0 Å². The lowest BCUT2D eigenvalue weighted by atomic mass is 9.83. The highest BCUT2D eigenvalue weighted by atomic mass is 19.1. The van der Waals surface area contributed by atoms with E-state index in [9.17, 15) is 14.7 Å². The molecule has 0 bridgehead atoms. The molecule has 0 atom stereocenters. The number of halogens is 1. The number of aromatic carboxylic acids is 1. The first-order valence-electron chi connectivity index (χ1n) is 10.9. The Morgan fingerprint density at radius 3 is 2.55 bits per heavy atom. The van der Waals surface area contributed by atoms with Crippen molar-refractivity contribution in [2.24, 2.45) is 5.73 Å². The molecule has 6 rings (SSSR count). The van der Waals surface area contributed by atoms with Gasteiger partial charge in [-0.15, -0.1) is 0 Å². The van der Waals surface area contributed by atoms with Crippen LogP contribution in [0.15, 0.2) is 59.5 Å². The summed E-state index contributed by atoms with van der Waals surface area (Å²) in [6.07, 6.45) is 3.18. The molecule has 3 N–H and O–H groups in total. The summed E-state index contributed by atoms with van der Waals surface area (Å²) in [6, 6.07) is 14.5. The molecule has 1 saturated heterocycles. The number of hydrogen-bond acceptors (Lipinski definition) is 5. The fraction of sp³-hybridized carbons (Fsp3) is 0.240. The Balaban J connectivity index is 1.45. The monoisotopic (exact) mass is 444 g/mol. The molecule has 3 heterocycles.